The van der Waals surface area contributed by atoms with Crippen molar-refractivity contribution in [2.75, 3.05) is 11.9 Å². The molecule has 0 saturated carbocycles. The average Bonchev–Trinajstić information content (AvgIpc) is 1.99. The van der Waals surface area contributed by atoms with Crippen LogP contribution in [-0.2, 0) is 4.79 Å². The molecule has 58 valence electrons. The number of halogens is 1. The summed E-state index contributed by atoms with van der Waals surface area (Å²) in [6.45, 7) is 6.12. The van der Waals surface area contributed by atoms with Crippen LogP contribution in [-0.4, -0.2) is 17.8 Å². The van der Waals surface area contributed by atoms with E-state index in [1.54, 1.807) is 0 Å². The van der Waals surface area contributed by atoms with Gasteiger partial charge in [0.1, 0.15) is 0 Å². The van der Waals surface area contributed by atoms with Crippen LogP contribution >= 0.6 is 15.9 Å². The number of hydrogen-bond acceptors (Lipinski definition) is 1. The van der Waals surface area contributed by atoms with E-state index in [0.29, 0.717) is 13.0 Å². The Kier molecular flexibility index (Phi) is 5.30. The minimum Gasteiger partial charge on any atom is -0.352 e. The van der Waals surface area contributed by atoms with E-state index >= 15 is 0 Å². The molecule has 1 amide bonds. The van der Waals surface area contributed by atoms with Crippen LogP contribution < -0.4 is 5.32 Å². The first-order valence-corrected chi connectivity index (χ1v) is 4.32. The molecule has 0 aromatic heterocycles. The topological polar surface area (TPSA) is 29.1 Å². The molecule has 0 heterocycles. The summed E-state index contributed by atoms with van der Waals surface area (Å²) in [6, 6.07) is 0. The molecule has 0 radical (unpaired) electrons. The zero-order chi connectivity index (χ0) is 7.98. The Morgan fingerprint density at radius 3 is 2.70 bits per heavy atom. The molecule has 10 heavy (non-hydrogen) atoms. The monoisotopic (exact) mass is 205 g/mol. The second-order valence-corrected chi connectivity index (χ2v) is 2.57. The summed E-state index contributed by atoms with van der Waals surface area (Å²) in [4.78, 5) is 10.7. The molecule has 2 nitrogen and oxygen atoms in total. The highest BCUT2D eigenvalue weighted by atomic mass is 79.9. The molecule has 0 aliphatic carbocycles. The lowest BCUT2D eigenvalue weighted by molar-refractivity contribution is -0.120. The predicted octanol–water partition coefficient (Wildman–Crippen LogP) is 1.46. The van der Waals surface area contributed by atoms with Crippen LogP contribution in [0.2, 0.25) is 0 Å². The maximum absolute atomic E-state index is 10.7. The van der Waals surface area contributed by atoms with Crippen molar-refractivity contribution >= 4 is 21.8 Å². The highest BCUT2D eigenvalue weighted by Crippen LogP contribution is 1.93. The van der Waals surface area contributed by atoms with E-state index in [9.17, 15) is 4.79 Å². The number of amides is 1. The van der Waals surface area contributed by atoms with Gasteiger partial charge in [0, 0.05) is 18.3 Å². The van der Waals surface area contributed by atoms with Crippen LogP contribution in [0, 0.1) is 0 Å². The quantitative estimate of drug-likeness (QED) is 0.547. The summed E-state index contributed by atoms with van der Waals surface area (Å²) in [7, 11) is 0. The van der Waals surface area contributed by atoms with E-state index in [-0.39, 0.29) is 5.91 Å². The van der Waals surface area contributed by atoms with Crippen molar-refractivity contribution in [3.05, 3.63) is 12.2 Å². The lowest BCUT2D eigenvalue weighted by atomic mass is 10.3. The van der Waals surface area contributed by atoms with E-state index < -0.39 is 0 Å². The normalized spacial score (nSPS) is 9.00. The number of carbonyl (C=O) groups excluding carboxylic acids is 1. The first-order chi connectivity index (χ1) is 4.70. The van der Waals surface area contributed by atoms with Gasteiger partial charge >= 0.3 is 0 Å². The van der Waals surface area contributed by atoms with Gasteiger partial charge in [-0.3, -0.25) is 4.79 Å². The summed E-state index contributed by atoms with van der Waals surface area (Å²) < 4.78 is 0. The predicted molar refractivity (Wildman–Crippen MR) is 46.2 cm³/mol. The third kappa shape index (κ3) is 4.56. The molecule has 3 heteroatoms. The highest BCUT2D eigenvalue weighted by Gasteiger charge is 1.95. The van der Waals surface area contributed by atoms with Crippen molar-refractivity contribution in [1.29, 1.82) is 0 Å². The van der Waals surface area contributed by atoms with E-state index in [4.69, 9.17) is 0 Å². The van der Waals surface area contributed by atoms with Crippen molar-refractivity contribution in [2.24, 2.45) is 0 Å². The Balaban J connectivity index is 3.35. The minimum absolute atomic E-state index is 0.0714. The van der Waals surface area contributed by atoms with Gasteiger partial charge in [0.05, 0.1) is 0 Å². The molecule has 0 aromatic carbocycles. The number of rotatable bonds is 4. The Bertz CT molecular complexity index is 118. The Morgan fingerprint density at radius 2 is 2.30 bits per heavy atom. The molecule has 0 rings (SSSR count). The van der Waals surface area contributed by atoms with Gasteiger partial charge in [-0.2, -0.15) is 0 Å². The number of carbonyl (C=O) groups is 1. The lowest BCUT2D eigenvalue weighted by Gasteiger charge is -2.02. The first-order valence-electron chi connectivity index (χ1n) is 3.20. The summed E-state index contributed by atoms with van der Waals surface area (Å²) in [5.41, 5.74) is 0.988. The fraction of sp³-hybridized carbons (Fsp3) is 0.571. The van der Waals surface area contributed by atoms with Crippen molar-refractivity contribution in [1.82, 2.24) is 5.32 Å². The van der Waals surface area contributed by atoms with Crippen molar-refractivity contribution in [3.63, 3.8) is 0 Å². The molecule has 0 fully saturated rings. The van der Waals surface area contributed by atoms with Crippen molar-refractivity contribution in [3.8, 4) is 0 Å². The zero-order valence-corrected chi connectivity index (χ0v) is 7.70. The van der Waals surface area contributed by atoms with E-state index in [0.717, 1.165) is 10.9 Å². The molecule has 0 bridgehead atoms. The van der Waals surface area contributed by atoms with Gasteiger partial charge < -0.3 is 5.32 Å². The third-order valence-corrected chi connectivity index (χ3v) is 1.84. The number of alkyl halides is 1. The Labute approximate surface area is 69.8 Å². The molecular weight excluding hydrogens is 194 g/mol. The molecule has 0 spiro atoms. The molecule has 1 N–H and O–H groups in total. The average molecular weight is 206 g/mol. The summed E-state index contributed by atoms with van der Waals surface area (Å²) >= 11 is 3.24. The van der Waals surface area contributed by atoms with Gasteiger partial charge in [0.25, 0.3) is 0 Å². The van der Waals surface area contributed by atoms with Gasteiger partial charge in [0.2, 0.25) is 5.91 Å². The number of nitrogens with one attached hydrogen (secondary N) is 1. The molecule has 0 atom stereocenters. The zero-order valence-electron chi connectivity index (χ0n) is 6.11. The Morgan fingerprint density at radius 1 is 1.70 bits per heavy atom. The number of hydrogen-bond donors (Lipinski definition) is 1. The van der Waals surface area contributed by atoms with Crippen LogP contribution in [0.5, 0.6) is 0 Å². The largest absolute Gasteiger partial charge is 0.352 e. The second kappa shape index (κ2) is 5.47. The van der Waals surface area contributed by atoms with Gasteiger partial charge in [0.15, 0.2) is 0 Å². The van der Waals surface area contributed by atoms with E-state index in [1.165, 1.54) is 0 Å². The van der Waals surface area contributed by atoms with Gasteiger partial charge in [-0.15, -0.1) is 0 Å². The van der Waals surface area contributed by atoms with Gasteiger partial charge in [-0.05, 0) is 5.57 Å². The lowest BCUT2D eigenvalue weighted by Crippen LogP contribution is -2.24. The molecule has 0 saturated heterocycles. The third-order valence-electron chi connectivity index (χ3n) is 1.05. The van der Waals surface area contributed by atoms with Crippen LogP contribution in [0.25, 0.3) is 0 Å². The van der Waals surface area contributed by atoms with Crippen LogP contribution in [0.3, 0.4) is 0 Å². The molecule has 0 aromatic rings. The van der Waals surface area contributed by atoms with Crippen molar-refractivity contribution in [2.45, 2.75) is 13.3 Å². The standard InChI is InChI=1S/C7H12BrNO/c1-3-7(10)9-5-6(2)4-8/h2-5H2,1H3,(H,9,10). The van der Waals surface area contributed by atoms with E-state index in [2.05, 4.69) is 27.8 Å². The maximum atomic E-state index is 10.7. The molecule has 0 unspecified atom stereocenters. The van der Waals surface area contributed by atoms with Gasteiger partial charge in [-0.1, -0.05) is 29.4 Å². The molecule has 0 aliphatic rings. The van der Waals surface area contributed by atoms with Crippen LogP contribution in [0.4, 0.5) is 0 Å². The van der Waals surface area contributed by atoms with E-state index in [1.807, 2.05) is 6.92 Å². The summed E-state index contributed by atoms with van der Waals surface area (Å²) in [5, 5.41) is 3.46. The fourth-order valence-corrected chi connectivity index (χ4v) is 0.594. The smallest absolute Gasteiger partial charge is 0.219 e. The first kappa shape index (κ1) is 9.69. The maximum Gasteiger partial charge on any atom is 0.219 e. The fourth-order valence-electron chi connectivity index (χ4n) is 0.396. The molecule has 0 aliphatic heterocycles. The van der Waals surface area contributed by atoms with Crippen LogP contribution in [0.1, 0.15) is 13.3 Å². The second-order valence-electron chi connectivity index (χ2n) is 2.01. The summed E-state index contributed by atoms with van der Waals surface area (Å²) in [5.74, 6) is 0.0714. The highest BCUT2D eigenvalue weighted by molar-refractivity contribution is 9.09. The van der Waals surface area contributed by atoms with Gasteiger partial charge in [-0.25, -0.2) is 0 Å². The summed E-state index contributed by atoms with van der Waals surface area (Å²) in [6.07, 6.45) is 0.537. The minimum atomic E-state index is 0.0714. The van der Waals surface area contributed by atoms with Crippen LogP contribution in [0.15, 0.2) is 12.2 Å². The SMILES string of the molecule is C=C(CBr)CNC(=O)CC. The van der Waals surface area contributed by atoms with Crippen molar-refractivity contribution < 1.29 is 4.79 Å². The Hall–Kier alpha value is -0.310. The molecular formula is C7H12BrNO.